The Balaban J connectivity index is 1.48. The Kier molecular flexibility index (Phi) is 4.52. The number of hydrogen-bond donors (Lipinski definition) is 0. The molecule has 172 valence electrons. The van der Waals surface area contributed by atoms with E-state index < -0.39 is 0 Å². The van der Waals surface area contributed by atoms with Crippen molar-refractivity contribution in [2.75, 3.05) is 0 Å². The van der Waals surface area contributed by atoms with Gasteiger partial charge in [0.1, 0.15) is 0 Å². The van der Waals surface area contributed by atoms with Crippen molar-refractivity contribution in [1.29, 1.82) is 0 Å². The van der Waals surface area contributed by atoms with Crippen LogP contribution in [0.5, 0.6) is 0 Å². The molecule has 0 aliphatic carbocycles. The van der Waals surface area contributed by atoms with Crippen LogP contribution >= 0.6 is 0 Å². The zero-order valence-corrected chi connectivity index (χ0v) is 20.4. The SMILES string of the molecule is CC1(C)C(c2ccccc2)=Nc2cc3c4ccccc4n(-c4cccc(-c5ccccc5)c4)c3cc21. The topological polar surface area (TPSA) is 17.3 Å². The van der Waals surface area contributed by atoms with Crippen LogP contribution in [0.2, 0.25) is 0 Å². The Bertz CT molecular complexity index is 1790. The molecule has 5 aromatic carbocycles. The van der Waals surface area contributed by atoms with Crippen molar-refractivity contribution in [2.24, 2.45) is 4.99 Å². The molecule has 0 amide bonds. The predicted octanol–water partition coefficient (Wildman–Crippen LogP) is 8.86. The van der Waals surface area contributed by atoms with Crippen molar-refractivity contribution < 1.29 is 0 Å². The first-order valence-corrected chi connectivity index (χ1v) is 12.5. The minimum Gasteiger partial charge on any atom is -0.309 e. The molecule has 0 fully saturated rings. The highest BCUT2D eigenvalue weighted by molar-refractivity contribution is 6.16. The van der Waals surface area contributed by atoms with E-state index >= 15 is 0 Å². The summed E-state index contributed by atoms with van der Waals surface area (Å²) >= 11 is 0. The highest BCUT2D eigenvalue weighted by Crippen LogP contribution is 2.46. The maximum Gasteiger partial charge on any atom is 0.0682 e. The quantitative estimate of drug-likeness (QED) is 0.250. The van der Waals surface area contributed by atoms with Gasteiger partial charge in [0.05, 0.1) is 22.4 Å². The lowest BCUT2D eigenvalue weighted by molar-refractivity contribution is 0.738. The highest BCUT2D eigenvalue weighted by atomic mass is 15.0. The second kappa shape index (κ2) is 7.79. The van der Waals surface area contributed by atoms with Crippen molar-refractivity contribution in [3.8, 4) is 16.8 Å². The molecule has 1 aromatic heterocycles. The van der Waals surface area contributed by atoms with Gasteiger partial charge < -0.3 is 4.57 Å². The molecule has 0 spiro atoms. The van der Waals surface area contributed by atoms with Crippen molar-refractivity contribution in [2.45, 2.75) is 19.3 Å². The zero-order valence-electron chi connectivity index (χ0n) is 20.4. The Morgan fingerprint density at radius 3 is 2.00 bits per heavy atom. The van der Waals surface area contributed by atoms with E-state index in [0.29, 0.717) is 0 Å². The third kappa shape index (κ3) is 3.08. The van der Waals surface area contributed by atoms with Crippen LogP contribution in [0.15, 0.2) is 126 Å². The Morgan fingerprint density at radius 2 is 1.22 bits per heavy atom. The standard InChI is InChI=1S/C34H26N2/c1-34(2)29-22-32-28(21-30(29)35-33(34)24-14-7-4-8-15-24)27-18-9-10-19-31(27)36(32)26-17-11-16-25(20-26)23-12-5-3-6-13-23/h3-22H,1-2H3. The van der Waals surface area contributed by atoms with Gasteiger partial charge in [-0.2, -0.15) is 0 Å². The van der Waals surface area contributed by atoms with Crippen LogP contribution in [-0.2, 0) is 5.41 Å². The van der Waals surface area contributed by atoms with Gasteiger partial charge in [-0.15, -0.1) is 0 Å². The number of aromatic nitrogens is 1. The van der Waals surface area contributed by atoms with E-state index in [1.807, 2.05) is 0 Å². The first-order chi connectivity index (χ1) is 17.6. The minimum atomic E-state index is -0.182. The van der Waals surface area contributed by atoms with Crippen LogP contribution in [0, 0.1) is 0 Å². The van der Waals surface area contributed by atoms with Gasteiger partial charge in [-0.05, 0) is 52.6 Å². The highest BCUT2D eigenvalue weighted by Gasteiger charge is 2.36. The smallest absolute Gasteiger partial charge is 0.0682 e. The molecule has 0 unspecified atom stereocenters. The third-order valence-electron chi connectivity index (χ3n) is 7.55. The van der Waals surface area contributed by atoms with Crippen molar-refractivity contribution >= 4 is 33.2 Å². The molecule has 0 N–H and O–H groups in total. The second-order valence-electron chi connectivity index (χ2n) is 10.1. The van der Waals surface area contributed by atoms with Crippen LogP contribution in [0.25, 0.3) is 38.6 Å². The summed E-state index contributed by atoms with van der Waals surface area (Å²) in [6.07, 6.45) is 0. The average molecular weight is 463 g/mol. The molecule has 0 atom stereocenters. The molecule has 0 saturated heterocycles. The van der Waals surface area contributed by atoms with E-state index in [4.69, 9.17) is 4.99 Å². The van der Waals surface area contributed by atoms with Gasteiger partial charge in [-0.1, -0.05) is 105 Å². The van der Waals surface area contributed by atoms with Crippen molar-refractivity contribution in [3.63, 3.8) is 0 Å². The van der Waals surface area contributed by atoms with Gasteiger partial charge >= 0.3 is 0 Å². The number of fused-ring (bicyclic) bond motifs is 4. The Morgan fingerprint density at radius 1 is 0.556 bits per heavy atom. The van der Waals surface area contributed by atoms with Crippen LogP contribution in [-0.4, -0.2) is 10.3 Å². The van der Waals surface area contributed by atoms with Gasteiger partial charge in [-0.25, -0.2) is 0 Å². The maximum atomic E-state index is 5.17. The molecule has 36 heavy (non-hydrogen) atoms. The largest absolute Gasteiger partial charge is 0.309 e. The van der Waals surface area contributed by atoms with Gasteiger partial charge in [0, 0.05) is 21.9 Å². The molecular formula is C34H26N2. The summed E-state index contributed by atoms with van der Waals surface area (Å²) in [7, 11) is 0. The molecule has 7 rings (SSSR count). The zero-order chi connectivity index (χ0) is 24.3. The fourth-order valence-electron chi connectivity index (χ4n) is 5.74. The first-order valence-electron chi connectivity index (χ1n) is 12.5. The molecule has 0 radical (unpaired) electrons. The lowest BCUT2D eigenvalue weighted by Crippen LogP contribution is -2.26. The van der Waals surface area contributed by atoms with E-state index in [1.54, 1.807) is 0 Å². The van der Waals surface area contributed by atoms with E-state index in [0.717, 1.165) is 11.4 Å². The molecule has 6 aromatic rings. The van der Waals surface area contributed by atoms with Gasteiger partial charge in [-0.3, -0.25) is 4.99 Å². The molecule has 0 bridgehead atoms. The summed E-state index contributed by atoms with van der Waals surface area (Å²) in [6, 6.07) is 43.4. The summed E-state index contributed by atoms with van der Waals surface area (Å²) in [4.78, 5) is 5.17. The number of rotatable bonds is 3. The maximum absolute atomic E-state index is 5.17. The summed E-state index contributed by atoms with van der Waals surface area (Å²) in [5.74, 6) is 0. The van der Waals surface area contributed by atoms with Crippen LogP contribution in [0.4, 0.5) is 5.69 Å². The van der Waals surface area contributed by atoms with Gasteiger partial charge in [0.2, 0.25) is 0 Å². The fourth-order valence-corrected chi connectivity index (χ4v) is 5.74. The van der Waals surface area contributed by atoms with Crippen LogP contribution in [0.1, 0.15) is 25.0 Å². The van der Waals surface area contributed by atoms with Gasteiger partial charge in [0.15, 0.2) is 0 Å². The first kappa shape index (κ1) is 20.9. The number of para-hydroxylation sites is 1. The summed E-state index contributed by atoms with van der Waals surface area (Å²) in [5, 5.41) is 2.49. The molecule has 2 nitrogen and oxygen atoms in total. The summed E-state index contributed by atoms with van der Waals surface area (Å²) < 4.78 is 2.41. The molecule has 2 heterocycles. The molecule has 1 aliphatic heterocycles. The third-order valence-corrected chi connectivity index (χ3v) is 7.55. The number of hydrogen-bond acceptors (Lipinski definition) is 1. The fraction of sp³-hybridized carbons (Fsp3) is 0.0882. The van der Waals surface area contributed by atoms with E-state index in [-0.39, 0.29) is 5.41 Å². The molecule has 0 saturated carbocycles. The predicted molar refractivity (Wildman–Crippen MR) is 152 cm³/mol. The van der Waals surface area contributed by atoms with Crippen LogP contribution < -0.4 is 0 Å². The van der Waals surface area contributed by atoms with Crippen LogP contribution in [0.3, 0.4) is 0 Å². The van der Waals surface area contributed by atoms with Crippen molar-refractivity contribution in [1.82, 2.24) is 4.57 Å². The summed E-state index contributed by atoms with van der Waals surface area (Å²) in [6.45, 7) is 4.58. The molecule has 2 heteroatoms. The van der Waals surface area contributed by atoms with E-state index in [2.05, 4.69) is 140 Å². The Hall–Kier alpha value is -4.43. The van der Waals surface area contributed by atoms with E-state index in [9.17, 15) is 0 Å². The van der Waals surface area contributed by atoms with Crippen molar-refractivity contribution in [3.05, 3.63) is 132 Å². The summed E-state index contributed by atoms with van der Waals surface area (Å²) in [5.41, 5.74) is 10.5. The van der Waals surface area contributed by atoms with Gasteiger partial charge in [0.25, 0.3) is 0 Å². The molecular weight excluding hydrogens is 436 g/mol. The monoisotopic (exact) mass is 462 g/mol. The molecule has 1 aliphatic rings. The average Bonchev–Trinajstić information content (AvgIpc) is 3.39. The second-order valence-corrected chi connectivity index (χ2v) is 10.1. The minimum absolute atomic E-state index is 0.182. The Labute approximate surface area is 211 Å². The normalized spacial score (nSPS) is 14.2. The number of nitrogens with zero attached hydrogens (tertiary/aromatic N) is 2. The number of aliphatic imine (C=N–C) groups is 1. The number of benzene rings is 5. The lowest BCUT2D eigenvalue weighted by atomic mass is 9.79. The lowest BCUT2D eigenvalue weighted by Gasteiger charge is -2.23. The van der Waals surface area contributed by atoms with E-state index in [1.165, 1.54) is 49.7 Å².